The molecule has 4 rings (SSSR count). The molecule has 0 aliphatic carbocycles. The van der Waals surface area contributed by atoms with Gasteiger partial charge >= 0.3 is 0 Å². The molecule has 134 valence electrons. The number of aryl methyl sites for hydroxylation is 1. The Hall–Kier alpha value is -3.40. The van der Waals surface area contributed by atoms with Crippen molar-refractivity contribution in [3.8, 4) is 34.0 Å². The molecule has 0 saturated carbocycles. The maximum absolute atomic E-state index is 5.56. The number of ether oxygens (including phenoxy) is 1. The molecule has 0 spiro atoms. The topological polar surface area (TPSA) is 39.9 Å². The predicted molar refractivity (Wildman–Crippen MR) is 108 cm³/mol. The van der Waals surface area contributed by atoms with Crippen LogP contribution in [-0.2, 0) is 6.42 Å². The highest BCUT2D eigenvalue weighted by Gasteiger charge is 2.17. The van der Waals surface area contributed by atoms with Crippen molar-refractivity contribution >= 4 is 0 Å². The maximum atomic E-state index is 5.56. The molecular weight excluding hydrogens is 334 g/mol. The highest BCUT2D eigenvalue weighted by molar-refractivity contribution is 5.69. The summed E-state index contributed by atoms with van der Waals surface area (Å²) in [7, 11) is 1.68. The number of hydrogen-bond acceptors (Lipinski definition) is 3. The lowest BCUT2D eigenvalue weighted by atomic mass is 10.0. The molecule has 1 heterocycles. The molecule has 4 aromatic rings. The fourth-order valence-corrected chi connectivity index (χ4v) is 3.24. The number of para-hydroxylation sites is 2. The van der Waals surface area contributed by atoms with Crippen LogP contribution in [0.15, 0.2) is 78.9 Å². The molecule has 3 aromatic carbocycles. The molecule has 27 heavy (non-hydrogen) atoms. The Morgan fingerprint density at radius 3 is 2.07 bits per heavy atom. The number of benzene rings is 3. The van der Waals surface area contributed by atoms with Crippen LogP contribution >= 0.6 is 0 Å². The van der Waals surface area contributed by atoms with E-state index in [1.807, 2.05) is 30.3 Å². The summed E-state index contributed by atoms with van der Waals surface area (Å²) in [4.78, 5) is 0. The molecular formula is C23H21N3O. The largest absolute Gasteiger partial charge is 0.495 e. The van der Waals surface area contributed by atoms with Crippen molar-refractivity contribution in [1.82, 2.24) is 14.8 Å². The van der Waals surface area contributed by atoms with Crippen LogP contribution < -0.4 is 4.74 Å². The fraction of sp³-hybridized carbons (Fsp3) is 0.130. The highest BCUT2D eigenvalue weighted by Crippen LogP contribution is 2.30. The van der Waals surface area contributed by atoms with Gasteiger partial charge in [-0.2, -0.15) is 0 Å². The van der Waals surface area contributed by atoms with Gasteiger partial charge in [0.1, 0.15) is 11.6 Å². The second-order valence-corrected chi connectivity index (χ2v) is 6.24. The van der Waals surface area contributed by atoms with Crippen LogP contribution in [0.25, 0.3) is 28.2 Å². The molecule has 0 atom stereocenters. The first kappa shape index (κ1) is 17.0. The van der Waals surface area contributed by atoms with Gasteiger partial charge in [-0.1, -0.05) is 73.7 Å². The monoisotopic (exact) mass is 355 g/mol. The standard InChI is InChI=1S/C23H21N3O/c1-3-22-24-25-23(26(22)20-11-7-8-12-21(20)27-2)19-15-13-18(14-16-19)17-9-5-4-6-10-17/h4-16H,3H2,1-2H3. The van der Waals surface area contributed by atoms with Gasteiger partial charge in [0.25, 0.3) is 0 Å². The Morgan fingerprint density at radius 2 is 1.37 bits per heavy atom. The van der Waals surface area contributed by atoms with Crippen LogP contribution in [0.3, 0.4) is 0 Å². The second-order valence-electron chi connectivity index (χ2n) is 6.24. The van der Waals surface area contributed by atoms with E-state index in [1.165, 1.54) is 11.1 Å². The molecule has 0 N–H and O–H groups in total. The Bertz CT molecular complexity index is 1040. The zero-order valence-electron chi connectivity index (χ0n) is 15.5. The Labute approximate surface area is 159 Å². The summed E-state index contributed by atoms with van der Waals surface area (Å²) >= 11 is 0. The van der Waals surface area contributed by atoms with Crippen molar-refractivity contribution in [2.24, 2.45) is 0 Å². The minimum atomic E-state index is 0.785. The molecule has 0 aliphatic rings. The summed E-state index contributed by atoms with van der Waals surface area (Å²) in [5.74, 6) is 2.52. The van der Waals surface area contributed by atoms with Crippen LogP contribution in [0.4, 0.5) is 0 Å². The molecule has 0 bridgehead atoms. The minimum Gasteiger partial charge on any atom is -0.495 e. The third-order valence-electron chi connectivity index (χ3n) is 4.62. The van der Waals surface area contributed by atoms with E-state index in [9.17, 15) is 0 Å². The van der Waals surface area contributed by atoms with E-state index >= 15 is 0 Å². The summed E-state index contributed by atoms with van der Waals surface area (Å²) < 4.78 is 7.64. The average Bonchev–Trinajstić information content (AvgIpc) is 3.18. The first-order valence-corrected chi connectivity index (χ1v) is 9.05. The van der Waals surface area contributed by atoms with Crippen molar-refractivity contribution in [1.29, 1.82) is 0 Å². The van der Waals surface area contributed by atoms with Crippen LogP contribution in [0, 0.1) is 0 Å². The van der Waals surface area contributed by atoms with Crippen molar-refractivity contribution in [3.05, 3.63) is 84.7 Å². The lowest BCUT2D eigenvalue weighted by Gasteiger charge is -2.13. The van der Waals surface area contributed by atoms with Crippen LogP contribution in [0.1, 0.15) is 12.7 Å². The number of methoxy groups -OCH3 is 1. The quantitative estimate of drug-likeness (QED) is 0.496. The zero-order chi connectivity index (χ0) is 18.6. The van der Waals surface area contributed by atoms with E-state index in [4.69, 9.17) is 4.74 Å². The molecule has 0 unspecified atom stereocenters. The molecule has 4 heteroatoms. The Balaban J connectivity index is 1.80. The molecule has 0 radical (unpaired) electrons. The minimum absolute atomic E-state index is 0.785. The van der Waals surface area contributed by atoms with Gasteiger partial charge in [0, 0.05) is 12.0 Å². The van der Waals surface area contributed by atoms with Crippen LogP contribution in [-0.4, -0.2) is 21.9 Å². The summed E-state index contributed by atoms with van der Waals surface area (Å²) in [6.45, 7) is 2.08. The Kier molecular flexibility index (Phi) is 4.71. The van der Waals surface area contributed by atoms with E-state index in [0.29, 0.717) is 0 Å². The van der Waals surface area contributed by atoms with Crippen LogP contribution in [0.2, 0.25) is 0 Å². The van der Waals surface area contributed by atoms with Gasteiger partial charge in [0.15, 0.2) is 5.82 Å². The first-order valence-electron chi connectivity index (χ1n) is 9.05. The lowest BCUT2D eigenvalue weighted by molar-refractivity contribution is 0.412. The molecule has 0 saturated heterocycles. The highest BCUT2D eigenvalue weighted by atomic mass is 16.5. The fourth-order valence-electron chi connectivity index (χ4n) is 3.24. The van der Waals surface area contributed by atoms with E-state index in [0.717, 1.165) is 35.1 Å². The summed E-state index contributed by atoms with van der Waals surface area (Å²) in [5.41, 5.74) is 4.35. The smallest absolute Gasteiger partial charge is 0.168 e. The van der Waals surface area contributed by atoms with Crippen molar-refractivity contribution < 1.29 is 4.74 Å². The van der Waals surface area contributed by atoms with Gasteiger partial charge in [0.05, 0.1) is 12.8 Å². The summed E-state index contributed by atoms with van der Waals surface area (Å²) in [5, 5.41) is 8.87. The molecule has 0 amide bonds. The average molecular weight is 355 g/mol. The SMILES string of the molecule is CCc1nnc(-c2ccc(-c3ccccc3)cc2)n1-c1ccccc1OC. The molecule has 0 fully saturated rings. The van der Waals surface area contributed by atoms with E-state index in [1.54, 1.807) is 7.11 Å². The normalized spacial score (nSPS) is 10.7. The zero-order valence-corrected chi connectivity index (χ0v) is 15.5. The van der Waals surface area contributed by atoms with Crippen molar-refractivity contribution in [3.63, 3.8) is 0 Å². The molecule has 4 nitrogen and oxygen atoms in total. The predicted octanol–water partition coefficient (Wildman–Crippen LogP) is 5.17. The Morgan fingerprint density at radius 1 is 0.741 bits per heavy atom. The second kappa shape index (κ2) is 7.46. The number of rotatable bonds is 5. The van der Waals surface area contributed by atoms with Crippen LogP contribution in [0.5, 0.6) is 5.75 Å². The third kappa shape index (κ3) is 3.22. The van der Waals surface area contributed by atoms with Gasteiger partial charge in [-0.05, 0) is 23.3 Å². The summed E-state index contributed by atoms with van der Waals surface area (Å²) in [6.07, 6.45) is 0.785. The van der Waals surface area contributed by atoms with E-state index < -0.39 is 0 Å². The van der Waals surface area contributed by atoms with Gasteiger partial charge in [-0.15, -0.1) is 10.2 Å². The number of hydrogen-bond donors (Lipinski definition) is 0. The van der Waals surface area contributed by atoms with Gasteiger partial charge in [0.2, 0.25) is 0 Å². The third-order valence-corrected chi connectivity index (χ3v) is 4.62. The van der Waals surface area contributed by atoms with Crippen molar-refractivity contribution in [2.75, 3.05) is 7.11 Å². The lowest BCUT2D eigenvalue weighted by Crippen LogP contribution is -2.04. The van der Waals surface area contributed by atoms with Crippen molar-refractivity contribution in [2.45, 2.75) is 13.3 Å². The number of aromatic nitrogens is 3. The number of nitrogens with zero attached hydrogens (tertiary/aromatic N) is 3. The molecule has 0 aliphatic heterocycles. The summed E-state index contributed by atoms with van der Waals surface area (Å²) in [6, 6.07) is 26.7. The molecule has 1 aromatic heterocycles. The van der Waals surface area contributed by atoms with Gasteiger partial charge in [-0.3, -0.25) is 4.57 Å². The maximum Gasteiger partial charge on any atom is 0.168 e. The van der Waals surface area contributed by atoms with E-state index in [-0.39, 0.29) is 0 Å². The van der Waals surface area contributed by atoms with E-state index in [2.05, 4.69) is 70.2 Å². The van der Waals surface area contributed by atoms with Gasteiger partial charge in [-0.25, -0.2) is 0 Å². The first-order chi connectivity index (χ1) is 13.3. The van der Waals surface area contributed by atoms with Gasteiger partial charge < -0.3 is 4.74 Å².